The molecule has 0 aromatic heterocycles. The van der Waals surface area contributed by atoms with Gasteiger partial charge in [-0.1, -0.05) is 0 Å². The van der Waals surface area contributed by atoms with Gasteiger partial charge >= 0.3 is 11.9 Å². The van der Waals surface area contributed by atoms with Crippen LogP contribution in [0.5, 0.6) is 0 Å². The Balaban J connectivity index is 3.45. The molecule has 0 saturated carbocycles. The topological polar surface area (TPSA) is 113 Å². The number of nitrogens with zero attached hydrogens (tertiary/aromatic N) is 2. The number of ether oxygens (including phenoxy) is 1. The van der Waals surface area contributed by atoms with Crippen LogP contribution in [0.3, 0.4) is 0 Å². The van der Waals surface area contributed by atoms with E-state index in [1.807, 2.05) is 0 Å². The van der Waals surface area contributed by atoms with E-state index in [4.69, 9.17) is 10.8 Å². The van der Waals surface area contributed by atoms with Gasteiger partial charge in [0.15, 0.2) is 0 Å². The molecule has 0 aliphatic carbocycles. The van der Waals surface area contributed by atoms with E-state index in [1.165, 1.54) is 6.26 Å². The van der Waals surface area contributed by atoms with Crippen molar-refractivity contribution in [1.29, 1.82) is 10.8 Å². The largest absolute Gasteiger partial charge is 0.351 e. The maximum absolute atomic E-state index is 10.5. The van der Waals surface area contributed by atoms with Gasteiger partial charge in [0, 0.05) is 18.1 Å². The van der Waals surface area contributed by atoms with Crippen LogP contribution in [0, 0.1) is 17.0 Å². The maximum atomic E-state index is 10.5. The van der Waals surface area contributed by atoms with E-state index in [2.05, 4.69) is 14.9 Å². The van der Waals surface area contributed by atoms with Crippen LogP contribution in [0.15, 0.2) is 5.28 Å². The normalized spacial score (nSPS) is 8.23. The van der Waals surface area contributed by atoms with Crippen molar-refractivity contribution < 1.29 is 19.2 Å². The smallest absolute Gasteiger partial charge is 0.336 e. The summed E-state index contributed by atoms with van der Waals surface area (Å²) in [4.78, 5) is 25.0. The number of nitrogens with one attached hydrogen (secondary N) is 1. The van der Waals surface area contributed by atoms with Crippen LogP contribution >= 0.6 is 0 Å². The van der Waals surface area contributed by atoms with Gasteiger partial charge in [-0.15, -0.1) is 5.26 Å². The Morgan fingerprint density at radius 2 is 2.00 bits per heavy atom. The molecule has 0 saturated heterocycles. The molecule has 0 aliphatic rings. The van der Waals surface area contributed by atoms with Gasteiger partial charge < -0.3 is 9.57 Å². The number of esters is 1. The van der Waals surface area contributed by atoms with Gasteiger partial charge in [-0.2, -0.15) is 5.53 Å². The summed E-state index contributed by atoms with van der Waals surface area (Å²) in [6.45, 7) is 0. The summed E-state index contributed by atoms with van der Waals surface area (Å²) in [5.74, 6) is -1.39. The molecule has 0 aromatic rings. The zero-order chi connectivity index (χ0) is 10.1. The number of carbonyl (C=O) groups is 2. The zero-order valence-corrected chi connectivity index (χ0v) is 6.65. The Bertz CT molecular complexity index is 245. The predicted molar refractivity (Wildman–Crippen MR) is 36.8 cm³/mol. The third kappa shape index (κ3) is 6.43. The number of hydrogen-bond acceptors (Lipinski definition) is 7. The van der Waals surface area contributed by atoms with Crippen molar-refractivity contribution in [3.8, 4) is 6.26 Å². The van der Waals surface area contributed by atoms with Crippen molar-refractivity contribution in [2.24, 2.45) is 5.28 Å². The lowest BCUT2D eigenvalue weighted by Gasteiger charge is -1.94. The van der Waals surface area contributed by atoms with Crippen LogP contribution in [0.1, 0.15) is 19.3 Å². The summed E-state index contributed by atoms with van der Waals surface area (Å²) in [6.07, 6.45) is 1.34. The minimum Gasteiger partial charge on any atom is -0.351 e. The summed E-state index contributed by atoms with van der Waals surface area (Å²) in [6, 6.07) is 0. The highest BCUT2D eigenvalue weighted by atomic mass is 16.7. The summed E-state index contributed by atoms with van der Waals surface area (Å²) < 4.78 is 3.94. The molecular formula is C6H7N3O4. The van der Waals surface area contributed by atoms with Crippen LogP contribution in [-0.4, -0.2) is 11.9 Å². The molecule has 7 nitrogen and oxygen atoms in total. The third-order valence-corrected chi connectivity index (χ3v) is 1.07. The standard InChI is InChI=1S/C6H7N3O4/c7-4-12-5(10)2-1-3-6(11)13-9-8/h8H,1-3H2. The molecule has 0 fully saturated rings. The van der Waals surface area contributed by atoms with E-state index in [0.29, 0.717) is 0 Å². The van der Waals surface area contributed by atoms with Crippen LogP contribution in [0.4, 0.5) is 0 Å². The van der Waals surface area contributed by atoms with E-state index in [-0.39, 0.29) is 19.3 Å². The molecule has 0 radical (unpaired) electrons. The molecule has 0 bridgehead atoms. The van der Waals surface area contributed by atoms with Gasteiger partial charge in [-0.3, -0.25) is 4.79 Å². The van der Waals surface area contributed by atoms with Crippen LogP contribution < -0.4 is 0 Å². The molecule has 0 atom stereocenters. The molecule has 13 heavy (non-hydrogen) atoms. The molecule has 70 valence electrons. The first-order valence-corrected chi connectivity index (χ1v) is 3.36. The molecule has 0 rings (SSSR count). The third-order valence-electron chi connectivity index (χ3n) is 1.07. The van der Waals surface area contributed by atoms with E-state index >= 15 is 0 Å². The molecule has 0 spiro atoms. The van der Waals surface area contributed by atoms with Gasteiger partial charge in [0.05, 0.1) is 0 Å². The van der Waals surface area contributed by atoms with Crippen LogP contribution in [0.2, 0.25) is 0 Å². The lowest BCUT2D eigenvalue weighted by molar-refractivity contribution is -0.145. The Labute approximate surface area is 73.7 Å². The Morgan fingerprint density at radius 3 is 2.54 bits per heavy atom. The first-order valence-electron chi connectivity index (χ1n) is 3.36. The highest BCUT2D eigenvalue weighted by Crippen LogP contribution is 1.99. The molecule has 7 heteroatoms. The van der Waals surface area contributed by atoms with Gasteiger partial charge in [0.25, 0.3) is 6.26 Å². The fraction of sp³-hybridized carbons (Fsp3) is 0.500. The Hall–Kier alpha value is -1.97. The van der Waals surface area contributed by atoms with Gasteiger partial charge in [-0.25, -0.2) is 4.79 Å². The fourth-order valence-corrected chi connectivity index (χ4v) is 0.576. The summed E-state index contributed by atoms with van der Waals surface area (Å²) >= 11 is 0. The molecular weight excluding hydrogens is 178 g/mol. The van der Waals surface area contributed by atoms with Crippen molar-refractivity contribution in [2.45, 2.75) is 19.3 Å². The van der Waals surface area contributed by atoms with Crippen molar-refractivity contribution in [1.82, 2.24) is 0 Å². The monoisotopic (exact) mass is 185 g/mol. The molecule has 0 aromatic carbocycles. The lowest BCUT2D eigenvalue weighted by atomic mass is 10.2. The fourth-order valence-electron chi connectivity index (χ4n) is 0.576. The average molecular weight is 185 g/mol. The molecule has 0 unspecified atom stereocenters. The Kier molecular flexibility index (Phi) is 5.70. The summed E-state index contributed by atoms with van der Waals surface area (Å²) in [5.41, 5.74) is 6.17. The molecule has 0 amide bonds. The predicted octanol–water partition coefficient (Wildman–Crippen LogP) is 0.670. The molecule has 0 heterocycles. The maximum Gasteiger partial charge on any atom is 0.336 e. The summed E-state index contributed by atoms with van der Waals surface area (Å²) in [7, 11) is 0. The van der Waals surface area contributed by atoms with E-state index in [1.54, 1.807) is 0 Å². The molecule has 0 aliphatic heterocycles. The van der Waals surface area contributed by atoms with Crippen molar-refractivity contribution in [3.05, 3.63) is 0 Å². The van der Waals surface area contributed by atoms with E-state index in [0.717, 1.165) is 0 Å². The van der Waals surface area contributed by atoms with Gasteiger partial charge in [-0.05, 0) is 6.42 Å². The van der Waals surface area contributed by atoms with Crippen molar-refractivity contribution in [2.75, 3.05) is 0 Å². The molecule has 1 N–H and O–H groups in total. The number of rotatable bonds is 5. The van der Waals surface area contributed by atoms with Crippen molar-refractivity contribution >= 4 is 11.9 Å². The minimum atomic E-state index is -0.696. The van der Waals surface area contributed by atoms with Crippen molar-refractivity contribution in [3.63, 3.8) is 0 Å². The zero-order valence-electron chi connectivity index (χ0n) is 6.65. The minimum absolute atomic E-state index is 0.0388. The Morgan fingerprint density at radius 1 is 1.38 bits per heavy atom. The highest BCUT2D eigenvalue weighted by Gasteiger charge is 2.06. The van der Waals surface area contributed by atoms with Crippen LogP contribution in [-0.2, 0) is 19.2 Å². The second-order valence-electron chi connectivity index (χ2n) is 1.97. The number of hydrogen-bond donors (Lipinski definition) is 1. The van der Waals surface area contributed by atoms with Gasteiger partial charge in [0.1, 0.15) is 0 Å². The van der Waals surface area contributed by atoms with E-state index in [9.17, 15) is 9.59 Å². The lowest BCUT2D eigenvalue weighted by Crippen LogP contribution is -2.03. The van der Waals surface area contributed by atoms with Crippen LogP contribution in [0.25, 0.3) is 0 Å². The summed E-state index contributed by atoms with van der Waals surface area (Å²) in [5, 5.41) is 10.3. The quantitative estimate of drug-likeness (QED) is 0.292. The van der Waals surface area contributed by atoms with E-state index < -0.39 is 11.9 Å². The second kappa shape index (κ2) is 6.72. The first kappa shape index (κ1) is 11.0. The highest BCUT2D eigenvalue weighted by molar-refractivity contribution is 5.72. The first-order chi connectivity index (χ1) is 6.20. The number of carbonyl (C=O) groups excluding carboxylic acids is 2. The average Bonchev–Trinajstić information content (AvgIpc) is 2.05. The SMILES string of the molecule is N#COC(=O)CCCC(=O)ON=N. The second-order valence-corrected chi connectivity index (χ2v) is 1.97. The van der Waals surface area contributed by atoms with Gasteiger partial charge in [0.2, 0.25) is 0 Å². The number of nitriles is 1.